The van der Waals surface area contributed by atoms with Crippen LogP contribution in [-0.2, 0) is 0 Å². The summed E-state index contributed by atoms with van der Waals surface area (Å²) in [7, 11) is 0. The molecular formula is C38H44F6N2O4. The fourth-order valence-electron chi connectivity index (χ4n) is 6.40. The number of para-hydroxylation sites is 1. The number of unbranched alkanes of at least 4 members (excludes halogenated alkanes) is 12. The Kier molecular flexibility index (Phi) is 14.0. The summed E-state index contributed by atoms with van der Waals surface area (Å²) < 4.78 is 89.2. The van der Waals surface area contributed by atoms with Crippen LogP contribution in [0.3, 0.4) is 0 Å². The highest BCUT2D eigenvalue weighted by molar-refractivity contribution is 5.85. The predicted octanol–water partition coefficient (Wildman–Crippen LogP) is 11.5. The van der Waals surface area contributed by atoms with Crippen molar-refractivity contribution in [1.29, 1.82) is 0 Å². The number of fused-ring (bicyclic) bond motifs is 1. The summed E-state index contributed by atoms with van der Waals surface area (Å²) in [5, 5.41) is 11.7. The van der Waals surface area contributed by atoms with Crippen molar-refractivity contribution in [2.45, 2.75) is 115 Å². The molecule has 4 aromatic rings. The van der Waals surface area contributed by atoms with Crippen molar-refractivity contribution in [3.63, 3.8) is 0 Å². The Morgan fingerprint density at radius 1 is 0.740 bits per heavy atom. The van der Waals surface area contributed by atoms with Gasteiger partial charge in [-0.2, -0.15) is 0 Å². The molecule has 0 saturated carbocycles. The lowest BCUT2D eigenvalue weighted by Crippen LogP contribution is -2.27. The van der Waals surface area contributed by atoms with E-state index in [1.54, 1.807) is 0 Å². The van der Waals surface area contributed by atoms with Crippen LogP contribution in [0.25, 0.3) is 16.7 Å². The standard InChI is InChI=1S/C38H44F6N2O4/c1-2-3-4-5-6-7-8-9-10-11-12-13-14-22-30(29-21-15-16-24-32(29)50-38(42,43)44)33-34(47)31-23-18-25-45-35(31)46(36(33)48)27-19-17-20-28(26-27)49-37(39,40)41/h15-21,23-26,30,47H,2-14,22H2,1H3. The number of halogens is 6. The van der Waals surface area contributed by atoms with E-state index in [4.69, 9.17) is 0 Å². The molecule has 4 rings (SSSR count). The summed E-state index contributed by atoms with van der Waals surface area (Å²) in [5.74, 6) is -2.64. The van der Waals surface area contributed by atoms with Gasteiger partial charge in [0.1, 0.15) is 17.2 Å². The molecule has 0 saturated heterocycles. The summed E-state index contributed by atoms with van der Waals surface area (Å²) in [6.07, 6.45) is 5.69. The molecule has 0 amide bonds. The van der Waals surface area contributed by atoms with Gasteiger partial charge in [0.25, 0.3) is 5.56 Å². The number of hydrogen-bond acceptors (Lipinski definition) is 5. The second kappa shape index (κ2) is 18.1. The number of pyridine rings is 2. The van der Waals surface area contributed by atoms with Gasteiger partial charge in [0.15, 0.2) is 5.65 Å². The molecule has 0 radical (unpaired) electrons. The summed E-state index contributed by atoms with van der Waals surface area (Å²) in [5.41, 5.74) is -1.12. The molecule has 50 heavy (non-hydrogen) atoms. The quantitative estimate of drug-likeness (QED) is 0.0776. The minimum absolute atomic E-state index is 0.0405. The van der Waals surface area contributed by atoms with E-state index in [-0.39, 0.29) is 34.3 Å². The highest BCUT2D eigenvalue weighted by Crippen LogP contribution is 2.42. The topological polar surface area (TPSA) is 73.6 Å². The van der Waals surface area contributed by atoms with Crippen LogP contribution >= 0.6 is 0 Å². The normalized spacial score (nSPS) is 12.7. The number of rotatable bonds is 19. The monoisotopic (exact) mass is 706 g/mol. The van der Waals surface area contributed by atoms with E-state index in [0.29, 0.717) is 6.42 Å². The van der Waals surface area contributed by atoms with Gasteiger partial charge < -0.3 is 14.6 Å². The molecule has 0 aliphatic heterocycles. The first-order chi connectivity index (χ1) is 23.9. The van der Waals surface area contributed by atoms with Crippen molar-refractivity contribution in [2.75, 3.05) is 0 Å². The van der Waals surface area contributed by atoms with Crippen molar-refractivity contribution in [3.05, 3.63) is 88.3 Å². The molecule has 1 unspecified atom stereocenters. The molecule has 0 spiro atoms. The second-order valence-corrected chi connectivity index (χ2v) is 12.5. The van der Waals surface area contributed by atoms with E-state index in [0.717, 1.165) is 54.9 Å². The van der Waals surface area contributed by atoms with E-state index in [2.05, 4.69) is 21.4 Å². The maximum atomic E-state index is 14.4. The van der Waals surface area contributed by atoms with Gasteiger partial charge in [-0.25, -0.2) is 4.98 Å². The molecule has 0 bridgehead atoms. The number of aromatic hydroxyl groups is 1. The number of nitrogens with zero attached hydrogens (tertiary/aromatic N) is 2. The first-order valence-corrected chi connectivity index (χ1v) is 17.3. The van der Waals surface area contributed by atoms with Gasteiger partial charge in [0.05, 0.1) is 16.6 Å². The molecular weight excluding hydrogens is 662 g/mol. The fraction of sp³-hybridized carbons (Fsp3) is 0.474. The Morgan fingerprint density at radius 2 is 1.34 bits per heavy atom. The van der Waals surface area contributed by atoms with Crippen LogP contribution in [-0.4, -0.2) is 27.4 Å². The summed E-state index contributed by atoms with van der Waals surface area (Å²) in [4.78, 5) is 18.6. The number of benzene rings is 2. The Balaban J connectivity index is 1.64. The van der Waals surface area contributed by atoms with Crippen molar-refractivity contribution in [1.82, 2.24) is 9.55 Å². The van der Waals surface area contributed by atoms with E-state index >= 15 is 0 Å². The molecule has 0 aliphatic carbocycles. The van der Waals surface area contributed by atoms with Crippen LogP contribution < -0.4 is 15.0 Å². The molecule has 2 heterocycles. The lowest BCUT2D eigenvalue weighted by molar-refractivity contribution is -0.275. The van der Waals surface area contributed by atoms with Gasteiger partial charge in [0.2, 0.25) is 0 Å². The fourth-order valence-corrected chi connectivity index (χ4v) is 6.40. The zero-order valence-electron chi connectivity index (χ0n) is 28.2. The molecule has 1 N–H and O–H groups in total. The van der Waals surface area contributed by atoms with Gasteiger partial charge in [0, 0.05) is 23.7 Å². The molecule has 2 aromatic carbocycles. The first kappa shape index (κ1) is 38.6. The Bertz CT molecular complexity index is 1720. The smallest absolute Gasteiger partial charge is 0.507 e. The molecule has 0 aliphatic rings. The minimum atomic E-state index is -5.02. The van der Waals surface area contributed by atoms with Crippen molar-refractivity contribution in [2.24, 2.45) is 0 Å². The van der Waals surface area contributed by atoms with Crippen LogP contribution in [0.1, 0.15) is 114 Å². The highest BCUT2D eigenvalue weighted by atomic mass is 19.4. The average molecular weight is 707 g/mol. The third kappa shape index (κ3) is 11.1. The van der Waals surface area contributed by atoms with Crippen LogP contribution in [0.2, 0.25) is 0 Å². The van der Waals surface area contributed by atoms with E-state index in [9.17, 15) is 36.2 Å². The largest absolute Gasteiger partial charge is 0.573 e. The van der Waals surface area contributed by atoms with Crippen molar-refractivity contribution in [3.8, 4) is 22.9 Å². The lowest BCUT2D eigenvalue weighted by atomic mass is 9.85. The van der Waals surface area contributed by atoms with E-state index < -0.39 is 41.5 Å². The maximum Gasteiger partial charge on any atom is 0.573 e. The van der Waals surface area contributed by atoms with E-state index in [1.165, 1.54) is 93.6 Å². The molecule has 0 fully saturated rings. The summed E-state index contributed by atoms with van der Waals surface area (Å²) >= 11 is 0. The number of aromatic nitrogens is 2. The molecule has 1 atom stereocenters. The molecule has 2 aromatic heterocycles. The maximum absolute atomic E-state index is 14.4. The number of ether oxygens (including phenoxy) is 2. The SMILES string of the molecule is CCCCCCCCCCCCCCCC(c1ccccc1OC(F)(F)F)c1c(O)c2cccnc2n(-c2cccc(OC(F)(F)F)c2)c1=O. The second-order valence-electron chi connectivity index (χ2n) is 12.5. The predicted molar refractivity (Wildman–Crippen MR) is 181 cm³/mol. The third-order valence-electron chi connectivity index (χ3n) is 8.72. The number of alkyl halides is 6. The zero-order valence-corrected chi connectivity index (χ0v) is 28.2. The number of hydrogen-bond donors (Lipinski definition) is 1. The highest BCUT2D eigenvalue weighted by Gasteiger charge is 2.35. The van der Waals surface area contributed by atoms with Crippen molar-refractivity contribution < 1.29 is 40.9 Å². The first-order valence-electron chi connectivity index (χ1n) is 17.3. The van der Waals surface area contributed by atoms with Gasteiger partial charge in [-0.1, -0.05) is 115 Å². The average Bonchev–Trinajstić information content (AvgIpc) is 3.05. The lowest BCUT2D eigenvalue weighted by Gasteiger charge is -2.24. The summed E-state index contributed by atoms with van der Waals surface area (Å²) in [6.45, 7) is 2.20. The van der Waals surface area contributed by atoms with Crippen molar-refractivity contribution >= 4 is 11.0 Å². The Labute approximate surface area is 288 Å². The van der Waals surface area contributed by atoms with Gasteiger partial charge in [-0.05, 0) is 36.8 Å². The van der Waals surface area contributed by atoms with Gasteiger partial charge in [-0.15, -0.1) is 26.3 Å². The molecule has 6 nitrogen and oxygen atoms in total. The Morgan fingerprint density at radius 3 is 1.96 bits per heavy atom. The molecule has 12 heteroatoms. The Hall–Kier alpha value is -4.22. The van der Waals surface area contributed by atoms with Crippen LogP contribution in [0.15, 0.2) is 71.7 Å². The van der Waals surface area contributed by atoms with Gasteiger partial charge in [-0.3, -0.25) is 9.36 Å². The summed E-state index contributed by atoms with van der Waals surface area (Å²) in [6, 6.07) is 13.2. The van der Waals surface area contributed by atoms with Crippen LogP contribution in [0.4, 0.5) is 26.3 Å². The minimum Gasteiger partial charge on any atom is -0.507 e. The zero-order chi connectivity index (χ0) is 36.1. The van der Waals surface area contributed by atoms with Crippen LogP contribution in [0, 0.1) is 0 Å². The third-order valence-corrected chi connectivity index (χ3v) is 8.72. The van der Waals surface area contributed by atoms with Gasteiger partial charge >= 0.3 is 12.7 Å². The van der Waals surface area contributed by atoms with E-state index in [1.807, 2.05) is 0 Å². The molecule has 272 valence electrons. The van der Waals surface area contributed by atoms with Crippen LogP contribution in [0.5, 0.6) is 17.2 Å².